The second-order valence-electron chi connectivity index (χ2n) is 7.54. The van der Waals surface area contributed by atoms with E-state index in [1.807, 2.05) is 11.3 Å². The quantitative estimate of drug-likeness (QED) is 0.659. The smallest absolute Gasteiger partial charge is 0.348 e. The molecular formula is C20H21N3O3S2. The maximum Gasteiger partial charge on any atom is 0.348 e. The van der Waals surface area contributed by atoms with Gasteiger partial charge in [-0.2, -0.15) is 0 Å². The summed E-state index contributed by atoms with van der Waals surface area (Å²) < 4.78 is 4.84. The van der Waals surface area contributed by atoms with E-state index >= 15 is 0 Å². The molecule has 1 N–H and O–H groups in total. The first-order valence-electron chi connectivity index (χ1n) is 9.47. The van der Waals surface area contributed by atoms with Crippen molar-refractivity contribution in [1.29, 1.82) is 0 Å². The van der Waals surface area contributed by atoms with Gasteiger partial charge in [0.15, 0.2) is 0 Å². The van der Waals surface area contributed by atoms with Crippen LogP contribution in [-0.4, -0.2) is 34.5 Å². The van der Waals surface area contributed by atoms with E-state index in [9.17, 15) is 9.59 Å². The van der Waals surface area contributed by atoms with E-state index in [-0.39, 0.29) is 5.56 Å². The van der Waals surface area contributed by atoms with Crippen molar-refractivity contribution in [2.75, 3.05) is 13.7 Å². The van der Waals surface area contributed by atoms with Crippen molar-refractivity contribution in [2.24, 2.45) is 5.92 Å². The molecule has 1 fully saturated rings. The third-order valence-corrected chi connectivity index (χ3v) is 7.92. The summed E-state index contributed by atoms with van der Waals surface area (Å²) in [4.78, 5) is 37.4. The van der Waals surface area contributed by atoms with E-state index in [0.717, 1.165) is 13.0 Å². The molecule has 0 aromatic carbocycles. The van der Waals surface area contributed by atoms with E-state index in [4.69, 9.17) is 9.72 Å². The Bertz CT molecular complexity index is 1130. The summed E-state index contributed by atoms with van der Waals surface area (Å²) in [5, 5.41) is 2.69. The van der Waals surface area contributed by atoms with E-state index in [1.54, 1.807) is 6.92 Å². The van der Waals surface area contributed by atoms with Gasteiger partial charge in [0.1, 0.15) is 15.5 Å². The largest absolute Gasteiger partial charge is 0.465 e. The minimum absolute atomic E-state index is 0.180. The van der Waals surface area contributed by atoms with E-state index in [1.165, 1.54) is 41.7 Å². The fraction of sp³-hybridized carbons (Fsp3) is 0.450. The molecule has 5 rings (SSSR count). The Morgan fingerprint density at radius 2 is 2.25 bits per heavy atom. The number of hydrogen-bond donors (Lipinski definition) is 1. The predicted octanol–water partition coefficient (Wildman–Crippen LogP) is 3.65. The van der Waals surface area contributed by atoms with Crippen LogP contribution >= 0.6 is 22.7 Å². The monoisotopic (exact) mass is 415 g/mol. The molecule has 0 bridgehead atoms. The van der Waals surface area contributed by atoms with Crippen molar-refractivity contribution in [3.8, 4) is 0 Å². The topological polar surface area (TPSA) is 75.3 Å². The minimum Gasteiger partial charge on any atom is -0.465 e. The molecular weight excluding hydrogens is 394 g/mol. The molecule has 1 aliphatic heterocycles. The number of ether oxygens (including phenoxy) is 1. The Morgan fingerprint density at radius 1 is 1.43 bits per heavy atom. The van der Waals surface area contributed by atoms with Gasteiger partial charge in [-0.05, 0) is 54.7 Å². The number of aromatic nitrogens is 2. The molecule has 28 heavy (non-hydrogen) atoms. The lowest BCUT2D eigenvalue weighted by Gasteiger charge is -2.35. The zero-order valence-corrected chi connectivity index (χ0v) is 17.4. The number of nitrogens with zero attached hydrogens (tertiary/aromatic N) is 2. The lowest BCUT2D eigenvalue weighted by atomic mass is 9.96. The number of fused-ring (bicyclic) bond motifs is 2. The van der Waals surface area contributed by atoms with Gasteiger partial charge in [-0.3, -0.25) is 9.69 Å². The first-order valence-corrected chi connectivity index (χ1v) is 11.2. The molecule has 6 nitrogen and oxygen atoms in total. The van der Waals surface area contributed by atoms with Gasteiger partial charge in [-0.15, -0.1) is 22.7 Å². The molecule has 0 unspecified atom stereocenters. The normalized spacial score (nSPS) is 19.7. The van der Waals surface area contributed by atoms with Crippen molar-refractivity contribution < 1.29 is 9.53 Å². The van der Waals surface area contributed by atoms with Crippen LogP contribution in [0.15, 0.2) is 16.2 Å². The molecule has 3 aromatic heterocycles. The number of aromatic amines is 1. The highest BCUT2D eigenvalue weighted by Gasteiger charge is 2.40. The van der Waals surface area contributed by atoms with Crippen LogP contribution < -0.4 is 5.56 Å². The number of methoxy groups -OCH3 is 1. The molecule has 0 radical (unpaired) electrons. The molecule has 0 saturated heterocycles. The number of thiophene rings is 2. The second kappa shape index (κ2) is 6.79. The fourth-order valence-corrected chi connectivity index (χ4v) is 6.31. The number of H-pyrrole nitrogens is 1. The van der Waals surface area contributed by atoms with Crippen molar-refractivity contribution in [2.45, 2.75) is 38.8 Å². The highest BCUT2D eigenvalue weighted by atomic mass is 32.1. The highest BCUT2D eigenvalue weighted by Crippen LogP contribution is 2.48. The molecule has 4 heterocycles. The molecule has 3 aromatic rings. The van der Waals surface area contributed by atoms with Gasteiger partial charge in [0.2, 0.25) is 0 Å². The number of rotatable bonds is 4. The Hall–Kier alpha value is -2.03. The van der Waals surface area contributed by atoms with E-state index < -0.39 is 5.97 Å². The lowest BCUT2D eigenvalue weighted by molar-refractivity contribution is 0.0605. The number of carbonyl (C=O) groups is 1. The Morgan fingerprint density at radius 3 is 3.00 bits per heavy atom. The van der Waals surface area contributed by atoms with Crippen LogP contribution in [0.25, 0.3) is 10.2 Å². The standard InChI is InChI=1S/C20H21N3O3S2/c1-10-15-18(24)21-14(22-19(15)28-17(10)20(25)26-2)9-23-7-5-13-12(6-8-27-13)16(23)11-3-4-11/h6,8,11,16H,3-5,7,9H2,1-2H3,(H,21,22,24)/t16-/m1/s1. The average Bonchev–Trinajstić information content (AvgIpc) is 3.30. The van der Waals surface area contributed by atoms with Crippen molar-refractivity contribution in [3.63, 3.8) is 0 Å². The van der Waals surface area contributed by atoms with Crippen LogP contribution in [0, 0.1) is 12.8 Å². The van der Waals surface area contributed by atoms with Crippen LogP contribution in [0.3, 0.4) is 0 Å². The van der Waals surface area contributed by atoms with E-state index in [0.29, 0.717) is 45.0 Å². The Balaban J connectivity index is 1.50. The van der Waals surface area contributed by atoms with Crippen LogP contribution in [0.1, 0.15) is 50.4 Å². The zero-order chi connectivity index (χ0) is 19.4. The number of hydrogen-bond acceptors (Lipinski definition) is 7. The predicted molar refractivity (Wildman–Crippen MR) is 110 cm³/mol. The molecule has 0 spiro atoms. The van der Waals surface area contributed by atoms with Gasteiger partial charge in [0.25, 0.3) is 5.56 Å². The Labute approximate surface area is 170 Å². The fourth-order valence-electron chi connectivity index (χ4n) is 4.28. The van der Waals surface area contributed by atoms with Crippen molar-refractivity contribution >= 4 is 38.9 Å². The van der Waals surface area contributed by atoms with Gasteiger partial charge < -0.3 is 9.72 Å². The van der Waals surface area contributed by atoms with Crippen LogP contribution in [0.5, 0.6) is 0 Å². The summed E-state index contributed by atoms with van der Waals surface area (Å²) in [6.07, 6.45) is 3.59. The molecule has 8 heteroatoms. The van der Waals surface area contributed by atoms with Gasteiger partial charge in [0, 0.05) is 17.5 Å². The molecule has 2 aliphatic rings. The summed E-state index contributed by atoms with van der Waals surface area (Å²) in [6, 6.07) is 2.69. The van der Waals surface area contributed by atoms with Crippen LogP contribution in [-0.2, 0) is 17.7 Å². The molecule has 1 aliphatic carbocycles. The summed E-state index contributed by atoms with van der Waals surface area (Å²) in [5.74, 6) is 0.953. The van der Waals surface area contributed by atoms with Gasteiger partial charge in [0.05, 0.1) is 19.0 Å². The summed E-state index contributed by atoms with van der Waals surface area (Å²) in [5.41, 5.74) is 1.92. The highest BCUT2D eigenvalue weighted by molar-refractivity contribution is 7.20. The molecule has 0 amide bonds. The first-order chi connectivity index (χ1) is 13.6. The third-order valence-electron chi connectivity index (χ3n) is 5.76. The third kappa shape index (κ3) is 2.91. The first kappa shape index (κ1) is 18.0. The number of aryl methyl sites for hydroxylation is 1. The SMILES string of the molecule is COC(=O)c1sc2nc(CN3CCc4sccc4[C@H]3C3CC3)[nH]c(=O)c2c1C. The second-order valence-corrected chi connectivity index (χ2v) is 9.54. The Kier molecular flexibility index (Phi) is 4.37. The number of carbonyl (C=O) groups excluding carboxylic acids is 1. The average molecular weight is 416 g/mol. The zero-order valence-electron chi connectivity index (χ0n) is 15.8. The maximum atomic E-state index is 12.7. The molecule has 1 atom stereocenters. The van der Waals surface area contributed by atoms with Gasteiger partial charge in [-0.1, -0.05) is 0 Å². The minimum atomic E-state index is -0.420. The van der Waals surface area contributed by atoms with Crippen molar-refractivity contribution in [3.05, 3.63) is 48.5 Å². The van der Waals surface area contributed by atoms with Gasteiger partial charge >= 0.3 is 5.97 Å². The molecule has 146 valence electrons. The summed E-state index contributed by atoms with van der Waals surface area (Å²) in [6.45, 7) is 3.37. The lowest BCUT2D eigenvalue weighted by Crippen LogP contribution is -2.36. The van der Waals surface area contributed by atoms with Crippen LogP contribution in [0.2, 0.25) is 0 Å². The van der Waals surface area contributed by atoms with Gasteiger partial charge in [-0.25, -0.2) is 9.78 Å². The summed E-state index contributed by atoms with van der Waals surface area (Å²) >= 11 is 3.09. The van der Waals surface area contributed by atoms with Crippen molar-refractivity contribution in [1.82, 2.24) is 14.9 Å². The van der Waals surface area contributed by atoms with E-state index in [2.05, 4.69) is 21.3 Å². The summed E-state index contributed by atoms with van der Waals surface area (Å²) in [7, 11) is 1.35. The number of esters is 1. The van der Waals surface area contributed by atoms with Crippen LogP contribution in [0.4, 0.5) is 0 Å². The maximum absolute atomic E-state index is 12.7. The number of nitrogens with one attached hydrogen (secondary N) is 1. The molecule has 1 saturated carbocycles.